The largest absolute Gasteiger partial charge is 0.399 e. The second-order valence-electron chi connectivity index (χ2n) is 3.19. The lowest BCUT2D eigenvalue weighted by atomic mass is 10.0. The first-order valence-electron chi connectivity index (χ1n) is 4.18. The molecule has 0 bridgehead atoms. The van der Waals surface area contributed by atoms with E-state index in [-0.39, 0.29) is 12.5 Å². The van der Waals surface area contributed by atoms with Crippen molar-refractivity contribution in [3.63, 3.8) is 0 Å². The van der Waals surface area contributed by atoms with Crippen LogP contribution in [0.25, 0.3) is 0 Å². The quantitative estimate of drug-likeness (QED) is 0.666. The number of anilines is 1. The second-order valence-corrected chi connectivity index (χ2v) is 3.19. The van der Waals surface area contributed by atoms with E-state index in [1.807, 2.05) is 31.2 Å². The first-order chi connectivity index (χ1) is 5.74. The molecule has 0 aliphatic carbocycles. The smallest absolute Gasteiger partial charge is 0.0459 e. The highest BCUT2D eigenvalue weighted by Gasteiger charge is 2.03. The van der Waals surface area contributed by atoms with Crippen LogP contribution >= 0.6 is 0 Å². The topological polar surface area (TPSA) is 46.2 Å². The van der Waals surface area contributed by atoms with Crippen LogP contribution in [-0.2, 0) is 6.42 Å². The average Bonchev–Trinajstić information content (AvgIpc) is 2.09. The molecule has 0 amide bonds. The molecule has 0 radical (unpaired) electrons. The summed E-state index contributed by atoms with van der Waals surface area (Å²) in [5, 5.41) is 8.85. The summed E-state index contributed by atoms with van der Waals surface area (Å²) in [6.45, 7) is 2.22. The molecular formula is C10H15NO. The van der Waals surface area contributed by atoms with Gasteiger partial charge in [-0.2, -0.15) is 0 Å². The van der Waals surface area contributed by atoms with Crippen molar-refractivity contribution in [2.45, 2.75) is 13.3 Å². The number of aliphatic hydroxyl groups is 1. The van der Waals surface area contributed by atoms with Gasteiger partial charge < -0.3 is 10.8 Å². The molecule has 1 aromatic rings. The monoisotopic (exact) mass is 165 g/mol. The Bertz CT molecular complexity index is 247. The van der Waals surface area contributed by atoms with E-state index in [0.29, 0.717) is 0 Å². The van der Waals surface area contributed by atoms with Crippen LogP contribution in [0.4, 0.5) is 5.69 Å². The Balaban J connectivity index is 2.69. The molecule has 1 atom stereocenters. The van der Waals surface area contributed by atoms with Crippen LogP contribution in [0.3, 0.4) is 0 Å². The van der Waals surface area contributed by atoms with Gasteiger partial charge in [-0.15, -0.1) is 0 Å². The molecule has 1 unspecified atom stereocenters. The lowest BCUT2D eigenvalue weighted by Gasteiger charge is -2.09. The van der Waals surface area contributed by atoms with E-state index < -0.39 is 0 Å². The van der Waals surface area contributed by atoms with Gasteiger partial charge in [-0.1, -0.05) is 25.1 Å². The molecule has 2 nitrogen and oxygen atoms in total. The van der Waals surface area contributed by atoms with Gasteiger partial charge in [0, 0.05) is 12.3 Å². The SMILES string of the molecule is CC(CO)Cc1ccccc1N. The molecular weight excluding hydrogens is 150 g/mol. The zero-order valence-electron chi connectivity index (χ0n) is 7.33. The van der Waals surface area contributed by atoms with Gasteiger partial charge >= 0.3 is 0 Å². The molecule has 1 aromatic carbocycles. The van der Waals surface area contributed by atoms with Gasteiger partial charge in [0.25, 0.3) is 0 Å². The van der Waals surface area contributed by atoms with E-state index in [2.05, 4.69) is 0 Å². The van der Waals surface area contributed by atoms with Crippen LogP contribution in [0.15, 0.2) is 24.3 Å². The first-order valence-corrected chi connectivity index (χ1v) is 4.18. The Morgan fingerprint density at radius 3 is 2.67 bits per heavy atom. The molecule has 0 saturated heterocycles. The molecule has 12 heavy (non-hydrogen) atoms. The van der Waals surface area contributed by atoms with Crippen molar-refractivity contribution in [3.8, 4) is 0 Å². The Hall–Kier alpha value is -1.02. The van der Waals surface area contributed by atoms with Crippen LogP contribution in [0.5, 0.6) is 0 Å². The summed E-state index contributed by atoms with van der Waals surface area (Å²) in [4.78, 5) is 0. The van der Waals surface area contributed by atoms with E-state index in [1.165, 1.54) is 0 Å². The van der Waals surface area contributed by atoms with Crippen LogP contribution in [-0.4, -0.2) is 11.7 Å². The Kier molecular flexibility index (Phi) is 3.11. The summed E-state index contributed by atoms with van der Waals surface area (Å²) in [6, 6.07) is 7.78. The van der Waals surface area contributed by atoms with Crippen molar-refractivity contribution < 1.29 is 5.11 Å². The standard InChI is InChI=1S/C10H15NO/c1-8(7-12)6-9-4-2-3-5-10(9)11/h2-5,8,12H,6-7,11H2,1H3. The summed E-state index contributed by atoms with van der Waals surface area (Å²) >= 11 is 0. The van der Waals surface area contributed by atoms with Gasteiger partial charge in [0.05, 0.1) is 0 Å². The minimum Gasteiger partial charge on any atom is -0.399 e. The number of aliphatic hydroxyl groups excluding tert-OH is 1. The molecule has 2 heteroatoms. The third-order valence-electron chi connectivity index (χ3n) is 1.94. The van der Waals surface area contributed by atoms with Crippen molar-refractivity contribution in [1.82, 2.24) is 0 Å². The highest BCUT2D eigenvalue weighted by atomic mass is 16.3. The van der Waals surface area contributed by atoms with Gasteiger partial charge in [-0.25, -0.2) is 0 Å². The molecule has 0 aliphatic rings. The fourth-order valence-electron chi connectivity index (χ4n) is 1.16. The number of hydrogen-bond donors (Lipinski definition) is 2. The summed E-state index contributed by atoms with van der Waals surface area (Å²) in [5.74, 6) is 0.287. The second kappa shape index (κ2) is 4.12. The molecule has 0 spiro atoms. The number of hydrogen-bond acceptors (Lipinski definition) is 2. The van der Waals surface area contributed by atoms with Crippen molar-refractivity contribution in [2.24, 2.45) is 5.92 Å². The zero-order valence-corrected chi connectivity index (χ0v) is 7.33. The lowest BCUT2D eigenvalue weighted by molar-refractivity contribution is 0.237. The van der Waals surface area contributed by atoms with Gasteiger partial charge in [0.15, 0.2) is 0 Å². The average molecular weight is 165 g/mol. The maximum absolute atomic E-state index is 8.85. The van der Waals surface area contributed by atoms with Gasteiger partial charge in [0.1, 0.15) is 0 Å². The maximum Gasteiger partial charge on any atom is 0.0459 e. The fraction of sp³-hybridized carbons (Fsp3) is 0.400. The Labute approximate surface area is 73.0 Å². The van der Waals surface area contributed by atoms with Gasteiger partial charge in [-0.3, -0.25) is 0 Å². The number of benzene rings is 1. The number of para-hydroxylation sites is 1. The molecule has 0 saturated carbocycles. The zero-order chi connectivity index (χ0) is 8.97. The summed E-state index contributed by atoms with van der Waals surface area (Å²) in [7, 11) is 0. The Morgan fingerprint density at radius 1 is 1.42 bits per heavy atom. The number of nitrogens with two attached hydrogens (primary N) is 1. The Morgan fingerprint density at radius 2 is 2.08 bits per heavy atom. The van der Waals surface area contributed by atoms with E-state index in [0.717, 1.165) is 17.7 Å². The van der Waals surface area contributed by atoms with E-state index in [1.54, 1.807) is 0 Å². The van der Waals surface area contributed by atoms with Gasteiger partial charge in [-0.05, 0) is 24.0 Å². The molecule has 1 rings (SSSR count). The molecule has 3 N–H and O–H groups in total. The first kappa shape index (κ1) is 9.07. The molecule has 0 aromatic heterocycles. The molecule has 0 aliphatic heterocycles. The normalized spacial score (nSPS) is 12.8. The van der Waals surface area contributed by atoms with E-state index in [9.17, 15) is 0 Å². The minimum absolute atomic E-state index is 0.217. The van der Waals surface area contributed by atoms with Gasteiger partial charge in [0.2, 0.25) is 0 Å². The number of rotatable bonds is 3. The van der Waals surface area contributed by atoms with Crippen LogP contribution in [0, 0.1) is 5.92 Å². The van der Waals surface area contributed by atoms with Crippen molar-refractivity contribution in [1.29, 1.82) is 0 Å². The van der Waals surface area contributed by atoms with Crippen LogP contribution < -0.4 is 5.73 Å². The molecule has 0 heterocycles. The predicted octanol–water partition coefficient (Wildman–Crippen LogP) is 1.44. The maximum atomic E-state index is 8.85. The van der Waals surface area contributed by atoms with Crippen LogP contribution in [0.1, 0.15) is 12.5 Å². The highest BCUT2D eigenvalue weighted by Crippen LogP contribution is 2.14. The molecule has 66 valence electrons. The molecule has 0 fully saturated rings. The predicted molar refractivity (Wildman–Crippen MR) is 50.8 cm³/mol. The van der Waals surface area contributed by atoms with E-state index >= 15 is 0 Å². The third-order valence-corrected chi connectivity index (χ3v) is 1.94. The number of nitrogen functional groups attached to an aromatic ring is 1. The van der Waals surface area contributed by atoms with Crippen molar-refractivity contribution in [3.05, 3.63) is 29.8 Å². The highest BCUT2D eigenvalue weighted by molar-refractivity contribution is 5.46. The lowest BCUT2D eigenvalue weighted by Crippen LogP contribution is -2.06. The third kappa shape index (κ3) is 2.24. The summed E-state index contributed by atoms with van der Waals surface area (Å²) in [6.07, 6.45) is 0.850. The van der Waals surface area contributed by atoms with Crippen molar-refractivity contribution >= 4 is 5.69 Å². The minimum atomic E-state index is 0.217. The van der Waals surface area contributed by atoms with E-state index in [4.69, 9.17) is 10.8 Å². The van der Waals surface area contributed by atoms with Crippen LogP contribution in [0.2, 0.25) is 0 Å². The summed E-state index contributed by atoms with van der Waals surface area (Å²) in [5.41, 5.74) is 7.68. The fourth-order valence-corrected chi connectivity index (χ4v) is 1.16. The van der Waals surface area contributed by atoms with Crippen molar-refractivity contribution in [2.75, 3.05) is 12.3 Å². The summed E-state index contributed by atoms with van der Waals surface area (Å²) < 4.78 is 0.